The lowest BCUT2D eigenvalue weighted by Crippen LogP contribution is -2.48. The molecule has 1 fully saturated rings. The Morgan fingerprint density at radius 3 is 2.81 bits per heavy atom. The molecule has 1 heterocycles. The summed E-state index contributed by atoms with van der Waals surface area (Å²) in [5.74, 6) is 0.310. The highest BCUT2D eigenvalue weighted by Gasteiger charge is 2.24. The topological polar surface area (TPSA) is 41.1 Å². The highest BCUT2D eigenvalue weighted by atomic mass is 16.2. The first-order chi connectivity index (χ1) is 7.83. The third kappa shape index (κ3) is 1.71. The van der Waals surface area contributed by atoms with Gasteiger partial charge in [-0.05, 0) is 42.5 Å². The summed E-state index contributed by atoms with van der Waals surface area (Å²) >= 11 is 0. The number of benzene rings is 1. The van der Waals surface area contributed by atoms with Crippen molar-refractivity contribution >= 4 is 11.6 Å². The van der Waals surface area contributed by atoms with E-state index in [9.17, 15) is 4.79 Å². The lowest BCUT2D eigenvalue weighted by molar-refractivity contribution is -0.121. The second-order valence-corrected chi connectivity index (χ2v) is 4.68. The van der Waals surface area contributed by atoms with E-state index >= 15 is 0 Å². The Hall–Kier alpha value is -1.35. The Labute approximate surface area is 95.2 Å². The van der Waals surface area contributed by atoms with Gasteiger partial charge in [-0.1, -0.05) is 6.07 Å². The van der Waals surface area contributed by atoms with Crippen molar-refractivity contribution in [3.05, 3.63) is 29.3 Å². The van der Waals surface area contributed by atoms with Crippen LogP contribution in [0.1, 0.15) is 17.5 Å². The van der Waals surface area contributed by atoms with Crippen LogP contribution in [-0.4, -0.2) is 19.0 Å². The molecule has 1 aliphatic carbocycles. The van der Waals surface area contributed by atoms with Gasteiger partial charge in [0.05, 0.1) is 5.92 Å². The third-order valence-electron chi connectivity index (χ3n) is 3.52. The van der Waals surface area contributed by atoms with Gasteiger partial charge in [0.25, 0.3) is 0 Å². The third-order valence-corrected chi connectivity index (χ3v) is 3.52. The molecule has 0 aromatic heterocycles. The lowest BCUT2D eigenvalue weighted by Gasteiger charge is -2.25. The molecule has 0 unspecified atom stereocenters. The summed E-state index contributed by atoms with van der Waals surface area (Å²) in [7, 11) is 0. The molecule has 84 valence electrons. The Morgan fingerprint density at radius 2 is 2.06 bits per heavy atom. The van der Waals surface area contributed by atoms with Crippen LogP contribution >= 0.6 is 0 Å². The van der Waals surface area contributed by atoms with Gasteiger partial charge in [-0.15, -0.1) is 0 Å². The molecule has 1 aromatic carbocycles. The molecule has 1 aliphatic heterocycles. The summed E-state index contributed by atoms with van der Waals surface area (Å²) in [4.78, 5) is 11.7. The van der Waals surface area contributed by atoms with Gasteiger partial charge in [0.2, 0.25) is 5.91 Å². The first-order valence-electron chi connectivity index (χ1n) is 5.96. The van der Waals surface area contributed by atoms with Crippen molar-refractivity contribution in [3.8, 4) is 0 Å². The van der Waals surface area contributed by atoms with E-state index in [1.165, 1.54) is 24.0 Å². The number of carbonyl (C=O) groups is 1. The van der Waals surface area contributed by atoms with E-state index in [0.29, 0.717) is 0 Å². The minimum absolute atomic E-state index is 0.150. The van der Waals surface area contributed by atoms with Gasteiger partial charge in [-0.3, -0.25) is 4.79 Å². The van der Waals surface area contributed by atoms with Crippen LogP contribution in [0.15, 0.2) is 18.2 Å². The number of amides is 1. The van der Waals surface area contributed by atoms with E-state index < -0.39 is 0 Å². The Bertz CT molecular complexity index is 424. The van der Waals surface area contributed by atoms with E-state index in [0.717, 1.165) is 25.2 Å². The molecule has 2 N–H and O–H groups in total. The Balaban J connectivity index is 1.72. The quantitative estimate of drug-likeness (QED) is 0.783. The standard InChI is InChI=1S/C13H16N2O/c16-13(11-7-14-8-11)15-12-5-4-9-2-1-3-10(9)6-12/h4-6,11,14H,1-3,7-8H2,(H,15,16). The number of aryl methyl sites for hydroxylation is 2. The van der Waals surface area contributed by atoms with E-state index in [1.807, 2.05) is 6.07 Å². The number of fused-ring (bicyclic) bond motifs is 1. The Morgan fingerprint density at radius 1 is 1.25 bits per heavy atom. The van der Waals surface area contributed by atoms with Crippen LogP contribution in [0.3, 0.4) is 0 Å². The largest absolute Gasteiger partial charge is 0.326 e. The second kappa shape index (κ2) is 3.91. The summed E-state index contributed by atoms with van der Waals surface area (Å²) in [6.45, 7) is 1.63. The summed E-state index contributed by atoms with van der Waals surface area (Å²) in [5.41, 5.74) is 3.81. The molecule has 3 nitrogen and oxygen atoms in total. The monoisotopic (exact) mass is 216 g/mol. The van der Waals surface area contributed by atoms with Gasteiger partial charge in [-0.25, -0.2) is 0 Å². The predicted octanol–water partition coefficient (Wildman–Crippen LogP) is 1.33. The highest BCUT2D eigenvalue weighted by molar-refractivity contribution is 5.93. The number of anilines is 1. The van der Waals surface area contributed by atoms with Crippen LogP contribution in [0.5, 0.6) is 0 Å². The molecule has 1 saturated heterocycles. The van der Waals surface area contributed by atoms with Gasteiger partial charge in [0, 0.05) is 18.8 Å². The SMILES string of the molecule is O=C(Nc1ccc2c(c1)CCC2)C1CNC1. The van der Waals surface area contributed by atoms with Crippen LogP contribution in [0.2, 0.25) is 0 Å². The van der Waals surface area contributed by atoms with Crippen molar-refractivity contribution in [1.82, 2.24) is 5.32 Å². The molecule has 3 heteroatoms. The molecule has 1 aromatic rings. The fourth-order valence-corrected chi connectivity index (χ4v) is 2.37. The van der Waals surface area contributed by atoms with Crippen molar-refractivity contribution in [2.75, 3.05) is 18.4 Å². The van der Waals surface area contributed by atoms with Crippen molar-refractivity contribution < 1.29 is 4.79 Å². The van der Waals surface area contributed by atoms with Crippen LogP contribution in [-0.2, 0) is 17.6 Å². The van der Waals surface area contributed by atoms with Crippen LogP contribution < -0.4 is 10.6 Å². The Kier molecular flexibility index (Phi) is 2.40. The first kappa shape index (κ1) is 9.85. The average molecular weight is 216 g/mol. The van der Waals surface area contributed by atoms with Crippen molar-refractivity contribution in [2.45, 2.75) is 19.3 Å². The summed E-state index contributed by atoms with van der Waals surface area (Å²) in [6.07, 6.45) is 3.60. The fourth-order valence-electron chi connectivity index (χ4n) is 2.37. The van der Waals surface area contributed by atoms with Crippen LogP contribution in [0.4, 0.5) is 5.69 Å². The fraction of sp³-hybridized carbons (Fsp3) is 0.462. The van der Waals surface area contributed by atoms with Crippen molar-refractivity contribution in [1.29, 1.82) is 0 Å². The average Bonchev–Trinajstić information content (AvgIpc) is 2.61. The number of hydrogen-bond acceptors (Lipinski definition) is 2. The predicted molar refractivity (Wildman–Crippen MR) is 63.5 cm³/mol. The molecule has 16 heavy (non-hydrogen) atoms. The van der Waals surface area contributed by atoms with E-state index in [4.69, 9.17) is 0 Å². The summed E-state index contributed by atoms with van der Waals surface area (Å²) in [6, 6.07) is 6.30. The maximum absolute atomic E-state index is 11.7. The minimum Gasteiger partial charge on any atom is -0.326 e. The number of hydrogen-bond donors (Lipinski definition) is 2. The normalized spacial score (nSPS) is 19.0. The van der Waals surface area contributed by atoms with Crippen molar-refractivity contribution in [3.63, 3.8) is 0 Å². The van der Waals surface area contributed by atoms with Gasteiger partial charge in [0.15, 0.2) is 0 Å². The molecule has 0 spiro atoms. The number of carbonyl (C=O) groups excluding carboxylic acids is 1. The molecule has 3 rings (SSSR count). The van der Waals surface area contributed by atoms with E-state index in [1.54, 1.807) is 0 Å². The second-order valence-electron chi connectivity index (χ2n) is 4.68. The van der Waals surface area contributed by atoms with E-state index in [2.05, 4.69) is 22.8 Å². The molecule has 2 aliphatic rings. The highest BCUT2D eigenvalue weighted by Crippen LogP contribution is 2.25. The van der Waals surface area contributed by atoms with E-state index in [-0.39, 0.29) is 11.8 Å². The summed E-state index contributed by atoms with van der Waals surface area (Å²) in [5, 5.41) is 6.10. The van der Waals surface area contributed by atoms with Crippen LogP contribution in [0, 0.1) is 5.92 Å². The smallest absolute Gasteiger partial charge is 0.230 e. The molecular formula is C13H16N2O. The minimum atomic E-state index is 0.150. The van der Waals surface area contributed by atoms with Crippen molar-refractivity contribution in [2.24, 2.45) is 5.92 Å². The molecule has 0 saturated carbocycles. The zero-order valence-electron chi connectivity index (χ0n) is 9.25. The zero-order valence-corrected chi connectivity index (χ0v) is 9.25. The maximum Gasteiger partial charge on any atom is 0.230 e. The zero-order chi connectivity index (χ0) is 11.0. The summed E-state index contributed by atoms with van der Waals surface area (Å²) < 4.78 is 0. The van der Waals surface area contributed by atoms with Gasteiger partial charge in [0.1, 0.15) is 0 Å². The van der Waals surface area contributed by atoms with Gasteiger partial charge in [-0.2, -0.15) is 0 Å². The number of rotatable bonds is 2. The van der Waals surface area contributed by atoms with Gasteiger partial charge >= 0.3 is 0 Å². The number of nitrogens with one attached hydrogen (secondary N) is 2. The maximum atomic E-state index is 11.7. The molecular weight excluding hydrogens is 200 g/mol. The molecule has 0 bridgehead atoms. The molecule has 0 atom stereocenters. The first-order valence-corrected chi connectivity index (χ1v) is 5.96. The van der Waals surface area contributed by atoms with Gasteiger partial charge < -0.3 is 10.6 Å². The molecule has 0 radical (unpaired) electrons. The lowest BCUT2D eigenvalue weighted by atomic mass is 10.0. The molecule has 1 amide bonds. The van der Waals surface area contributed by atoms with Crippen LogP contribution in [0.25, 0.3) is 0 Å².